The van der Waals surface area contributed by atoms with Gasteiger partial charge in [-0.25, -0.2) is 19.1 Å². The van der Waals surface area contributed by atoms with E-state index in [0.29, 0.717) is 30.8 Å². The predicted octanol–water partition coefficient (Wildman–Crippen LogP) is 3.54. The highest BCUT2D eigenvalue weighted by Gasteiger charge is 2.31. The average molecular weight is 542 g/mol. The van der Waals surface area contributed by atoms with Crippen LogP contribution in [-0.2, 0) is 38.6 Å². The van der Waals surface area contributed by atoms with E-state index in [1.165, 1.54) is 16.8 Å². The van der Waals surface area contributed by atoms with E-state index in [9.17, 15) is 19.2 Å². The molecule has 0 atom stereocenters. The van der Waals surface area contributed by atoms with Gasteiger partial charge in [0.1, 0.15) is 11.4 Å². The second kappa shape index (κ2) is 13.9. The lowest BCUT2D eigenvalue weighted by atomic mass is 10.0. The average Bonchev–Trinajstić information content (AvgIpc) is 3.42. The van der Waals surface area contributed by atoms with E-state index in [4.69, 9.17) is 14.2 Å². The van der Waals surface area contributed by atoms with Gasteiger partial charge < -0.3 is 14.2 Å². The summed E-state index contributed by atoms with van der Waals surface area (Å²) >= 11 is 0. The van der Waals surface area contributed by atoms with E-state index in [-0.39, 0.29) is 25.7 Å². The van der Waals surface area contributed by atoms with Crippen LogP contribution in [0.25, 0.3) is 0 Å². The van der Waals surface area contributed by atoms with Crippen molar-refractivity contribution in [2.75, 3.05) is 13.2 Å². The second-order valence-electron chi connectivity index (χ2n) is 10.0. The van der Waals surface area contributed by atoms with E-state index < -0.39 is 28.8 Å². The molecule has 1 saturated carbocycles. The lowest BCUT2D eigenvalue weighted by Crippen LogP contribution is -2.44. The number of carbonyl (C=O) groups is 2. The lowest BCUT2D eigenvalue weighted by molar-refractivity contribution is -0.158. The molecule has 0 spiro atoms. The van der Waals surface area contributed by atoms with Crippen molar-refractivity contribution in [1.29, 1.82) is 0 Å². The minimum atomic E-state index is -1.13. The number of aromatic nitrogens is 3. The Morgan fingerprint density at radius 2 is 1.82 bits per heavy atom. The summed E-state index contributed by atoms with van der Waals surface area (Å²) in [5, 5.41) is 4.50. The highest BCUT2D eigenvalue weighted by molar-refractivity contribution is 5.81. The van der Waals surface area contributed by atoms with Crippen molar-refractivity contribution in [2.24, 2.45) is 0 Å². The van der Waals surface area contributed by atoms with Crippen molar-refractivity contribution in [3.63, 3.8) is 0 Å². The molecule has 0 aliphatic heterocycles. The fourth-order valence-electron chi connectivity index (χ4n) is 4.63. The fourth-order valence-corrected chi connectivity index (χ4v) is 4.63. The number of ether oxygens (including phenoxy) is 3. The Hall–Kier alpha value is -3.69. The van der Waals surface area contributed by atoms with Gasteiger partial charge in [0, 0.05) is 25.1 Å². The van der Waals surface area contributed by atoms with Gasteiger partial charge in [0.25, 0.3) is 5.56 Å². The van der Waals surface area contributed by atoms with Crippen LogP contribution in [0.3, 0.4) is 0 Å². The van der Waals surface area contributed by atoms with E-state index in [0.717, 1.165) is 35.8 Å². The SMILES string of the molecule is CCOC(=O)C=CCn1c(=O)c(C2CCCC2)nn(CCCc2cccc(OC(C)(C)C(=O)OCC)c2)c1=O. The number of nitrogens with zero attached hydrogens (tertiary/aromatic N) is 3. The van der Waals surface area contributed by atoms with Gasteiger partial charge >= 0.3 is 17.6 Å². The summed E-state index contributed by atoms with van der Waals surface area (Å²) in [4.78, 5) is 50.2. The zero-order valence-electron chi connectivity index (χ0n) is 23.3. The van der Waals surface area contributed by atoms with Gasteiger partial charge in [-0.2, -0.15) is 5.10 Å². The molecule has 10 heteroatoms. The van der Waals surface area contributed by atoms with E-state index in [2.05, 4.69) is 5.10 Å². The van der Waals surface area contributed by atoms with Crippen molar-refractivity contribution in [1.82, 2.24) is 14.3 Å². The third-order valence-electron chi connectivity index (χ3n) is 6.59. The number of esters is 2. The molecule has 39 heavy (non-hydrogen) atoms. The van der Waals surface area contributed by atoms with E-state index in [1.807, 2.05) is 18.2 Å². The predicted molar refractivity (Wildman–Crippen MR) is 146 cm³/mol. The minimum absolute atomic E-state index is 0.0289. The quantitative estimate of drug-likeness (QED) is 0.279. The topological polar surface area (TPSA) is 119 Å². The number of carbonyl (C=O) groups excluding carboxylic acids is 2. The molecule has 0 unspecified atom stereocenters. The molecular formula is C29H39N3O7. The van der Waals surface area contributed by atoms with Gasteiger partial charge in [-0.05, 0) is 71.1 Å². The molecule has 0 saturated heterocycles. The molecule has 212 valence electrons. The van der Waals surface area contributed by atoms with Gasteiger partial charge in [-0.15, -0.1) is 0 Å². The molecule has 1 aromatic carbocycles. The fraction of sp³-hybridized carbons (Fsp3) is 0.552. The molecule has 1 fully saturated rings. The molecule has 3 rings (SSSR count). The summed E-state index contributed by atoms with van der Waals surface area (Å²) < 4.78 is 18.4. The van der Waals surface area contributed by atoms with Crippen molar-refractivity contribution < 1.29 is 23.8 Å². The Morgan fingerprint density at radius 3 is 2.51 bits per heavy atom. The second-order valence-corrected chi connectivity index (χ2v) is 10.0. The Balaban J connectivity index is 1.75. The smallest absolute Gasteiger partial charge is 0.349 e. The van der Waals surface area contributed by atoms with Crippen LogP contribution < -0.4 is 16.0 Å². The van der Waals surface area contributed by atoms with Crippen molar-refractivity contribution in [3.8, 4) is 5.75 Å². The van der Waals surface area contributed by atoms with Crippen molar-refractivity contribution in [3.05, 3.63) is 68.5 Å². The number of benzene rings is 1. The Labute approximate surface area is 228 Å². The van der Waals surface area contributed by atoms with Crippen LogP contribution in [0, 0.1) is 0 Å². The summed E-state index contributed by atoms with van der Waals surface area (Å²) in [6, 6.07) is 7.45. The first-order valence-corrected chi connectivity index (χ1v) is 13.7. The third-order valence-corrected chi connectivity index (χ3v) is 6.59. The summed E-state index contributed by atoms with van der Waals surface area (Å²) in [5.41, 5.74) is -0.651. The maximum Gasteiger partial charge on any atom is 0.349 e. The largest absolute Gasteiger partial charge is 0.476 e. The summed E-state index contributed by atoms with van der Waals surface area (Å²) in [5.74, 6) is -0.383. The number of hydrogen-bond donors (Lipinski definition) is 0. The van der Waals surface area contributed by atoms with Crippen molar-refractivity contribution >= 4 is 11.9 Å². The first kappa shape index (κ1) is 29.9. The van der Waals surface area contributed by atoms with Crippen LogP contribution in [0.4, 0.5) is 0 Å². The Bertz CT molecular complexity index is 1290. The molecule has 1 aliphatic carbocycles. The van der Waals surface area contributed by atoms with E-state index >= 15 is 0 Å². The summed E-state index contributed by atoms with van der Waals surface area (Å²) in [6.07, 6.45) is 7.71. The maximum absolute atomic E-state index is 13.2. The zero-order chi connectivity index (χ0) is 28.4. The molecule has 1 aliphatic rings. The molecule has 0 N–H and O–H groups in total. The van der Waals surface area contributed by atoms with Crippen LogP contribution in [0.5, 0.6) is 5.75 Å². The molecular weight excluding hydrogens is 502 g/mol. The van der Waals surface area contributed by atoms with Gasteiger partial charge in [-0.1, -0.05) is 31.1 Å². The number of aryl methyl sites for hydroxylation is 2. The Morgan fingerprint density at radius 1 is 1.10 bits per heavy atom. The molecule has 2 aromatic rings. The number of hydrogen-bond acceptors (Lipinski definition) is 8. The summed E-state index contributed by atoms with van der Waals surface area (Å²) in [6.45, 7) is 7.58. The normalized spacial score (nSPS) is 14.1. The monoisotopic (exact) mass is 541 g/mol. The molecule has 0 amide bonds. The first-order valence-electron chi connectivity index (χ1n) is 13.7. The van der Waals surface area contributed by atoms with E-state index in [1.54, 1.807) is 33.8 Å². The van der Waals surface area contributed by atoms with Crippen LogP contribution in [-0.4, -0.2) is 45.1 Å². The third kappa shape index (κ3) is 8.15. The maximum atomic E-state index is 13.2. The highest BCUT2D eigenvalue weighted by atomic mass is 16.6. The Kier molecular flexibility index (Phi) is 10.7. The zero-order valence-corrected chi connectivity index (χ0v) is 23.3. The van der Waals surface area contributed by atoms with Crippen LogP contribution in [0.1, 0.15) is 77.0 Å². The van der Waals surface area contributed by atoms with Crippen LogP contribution in [0.15, 0.2) is 46.0 Å². The molecule has 10 nitrogen and oxygen atoms in total. The molecule has 0 radical (unpaired) electrons. The van der Waals surface area contributed by atoms with Gasteiger partial charge in [-0.3, -0.25) is 9.36 Å². The molecule has 1 heterocycles. The minimum Gasteiger partial charge on any atom is -0.476 e. The van der Waals surface area contributed by atoms with Gasteiger partial charge in [0.2, 0.25) is 0 Å². The standard InChI is InChI=1S/C29H39N3O7/c1-5-37-24(33)17-11-18-31-26(34)25(22-14-7-8-15-22)30-32(28(31)36)19-10-13-21-12-9-16-23(20-21)39-29(3,4)27(35)38-6-2/h9,11-12,16-17,20,22H,5-8,10,13-15,18-19H2,1-4H3. The lowest BCUT2D eigenvalue weighted by Gasteiger charge is -2.24. The van der Waals surface area contributed by atoms with Crippen LogP contribution in [0.2, 0.25) is 0 Å². The van der Waals surface area contributed by atoms with Gasteiger partial charge in [0.05, 0.1) is 13.2 Å². The van der Waals surface area contributed by atoms with Crippen molar-refractivity contribution in [2.45, 2.75) is 90.8 Å². The number of rotatable bonds is 13. The molecule has 0 bridgehead atoms. The van der Waals surface area contributed by atoms with Gasteiger partial charge in [0.15, 0.2) is 5.60 Å². The summed E-state index contributed by atoms with van der Waals surface area (Å²) in [7, 11) is 0. The highest BCUT2D eigenvalue weighted by Crippen LogP contribution is 2.31. The first-order chi connectivity index (χ1) is 18.7. The van der Waals surface area contributed by atoms with Crippen LogP contribution >= 0.6 is 0 Å². The molecule has 1 aromatic heterocycles. The number of allylic oxidation sites excluding steroid dienone is 1.